The van der Waals surface area contributed by atoms with Crippen LogP contribution in [0.3, 0.4) is 0 Å². The minimum atomic E-state index is -3.02. The van der Waals surface area contributed by atoms with E-state index in [1.54, 1.807) is 0 Å². The van der Waals surface area contributed by atoms with Crippen LogP contribution in [-0.2, 0) is 10.3 Å². The van der Waals surface area contributed by atoms with Gasteiger partial charge < -0.3 is 20.5 Å². The van der Waals surface area contributed by atoms with Crippen molar-refractivity contribution in [2.75, 3.05) is 30.9 Å². The van der Waals surface area contributed by atoms with Crippen molar-refractivity contribution in [2.45, 2.75) is 25.3 Å². The first-order valence-electron chi connectivity index (χ1n) is 10.0. The first kappa shape index (κ1) is 23.3. The zero-order valence-electron chi connectivity index (χ0n) is 17.9. The fourth-order valence-electron chi connectivity index (χ4n) is 3.79. The molecule has 3 N–H and O–H groups in total. The lowest BCUT2D eigenvalue weighted by molar-refractivity contribution is -0.0243. The summed E-state index contributed by atoms with van der Waals surface area (Å²) >= 11 is 1.40. The summed E-state index contributed by atoms with van der Waals surface area (Å²) in [6.07, 6.45) is 2.18. The highest BCUT2D eigenvalue weighted by molar-refractivity contribution is 8.13. The highest BCUT2D eigenvalue weighted by Crippen LogP contribution is 2.53. The van der Waals surface area contributed by atoms with Crippen LogP contribution in [0, 0.1) is 11.2 Å². The minimum Gasteiger partial charge on any atom is -0.470 e. The maximum Gasteiger partial charge on any atom is 0.278 e. The Hall–Kier alpha value is -2.86. The lowest BCUT2D eigenvalue weighted by Gasteiger charge is -2.42. The molecular formula is C21H22F3N5O3S. The minimum absolute atomic E-state index is 0.0694. The molecule has 12 heteroatoms. The molecule has 1 amide bonds. The maximum absolute atomic E-state index is 15.0. The third-order valence-corrected chi connectivity index (χ3v) is 6.74. The summed E-state index contributed by atoms with van der Waals surface area (Å²) < 4.78 is 51.3. The molecule has 8 nitrogen and oxygen atoms in total. The van der Waals surface area contributed by atoms with E-state index in [-0.39, 0.29) is 23.7 Å². The third-order valence-electron chi connectivity index (χ3n) is 5.57. The van der Waals surface area contributed by atoms with Crippen molar-refractivity contribution < 1.29 is 27.4 Å². The molecule has 3 heterocycles. The summed E-state index contributed by atoms with van der Waals surface area (Å²) in [6, 6.07) is 4.18. The van der Waals surface area contributed by atoms with Gasteiger partial charge in [-0.2, -0.15) is 0 Å². The quantitative estimate of drug-likeness (QED) is 0.652. The molecule has 2 atom stereocenters. The Morgan fingerprint density at radius 1 is 1.33 bits per heavy atom. The Bertz CT molecular complexity index is 1100. The number of fused-ring (bicyclic) bond motifs is 1. The molecule has 0 bridgehead atoms. The Morgan fingerprint density at radius 2 is 2.12 bits per heavy atom. The van der Waals surface area contributed by atoms with Crippen molar-refractivity contribution in [3.63, 3.8) is 0 Å². The van der Waals surface area contributed by atoms with Gasteiger partial charge in [-0.25, -0.2) is 28.1 Å². The molecule has 0 radical (unpaired) electrons. The smallest absolute Gasteiger partial charge is 0.278 e. The number of hydrogen-bond acceptors (Lipinski definition) is 8. The van der Waals surface area contributed by atoms with Gasteiger partial charge in [-0.05, 0) is 18.2 Å². The molecular weight excluding hydrogens is 459 g/mol. The highest BCUT2D eigenvalue weighted by Gasteiger charge is 2.57. The number of amides is 1. The molecule has 176 valence electrons. The van der Waals surface area contributed by atoms with E-state index in [1.807, 2.05) is 6.92 Å². The monoisotopic (exact) mass is 481 g/mol. The van der Waals surface area contributed by atoms with Crippen LogP contribution in [0.2, 0.25) is 0 Å². The van der Waals surface area contributed by atoms with E-state index in [9.17, 15) is 18.0 Å². The standard InChI is InChI=1S/C21H22F3N5O3S/c1-19-8-31-10-21(19,29-18(25)33-11-19)13-5-12(3-4-14(13)22)28-17(30)15-6-27-16(7-26-15)32-9-20(2,23)24/h3-7H,8-11H2,1-2H3,(H2,25,29)(H,28,30)/t19-,21+/m0/s1. The van der Waals surface area contributed by atoms with E-state index in [0.29, 0.717) is 30.1 Å². The van der Waals surface area contributed by atoms with Gasteiger partial charge in [-0.15, -0.1) is 0 Å². The van der Waals surface area contributed by atoms with E-state index in [0.717, 1.165) is 12.4 Å². The van der Waals surface area contributed by atoms with Crippen LogP contribution in [0.15, 0.2) is 35.6 Å². The predicted molar refractivity (Wildman–Crippen MR) is 117 cm³/mol. The Labute approximate surface area is 192 Å². The molecule has 1 aromatic carbocycles. The van der Waals surface area contributed by atoms with Crippen molar-refractivity contribution in [3.8, 4) is 5.88 Å². The molecule has 0 saturated carbocycles. The van der Waals surface area contributed by atoms with Gasteiger partial charge in [0.05, 0.1) is 25.6 Å². The topological polar surface area (TPSA) is 112 Å². The fourth-order valence-corrected chi connectivity index (χ4v) is 4.80. The molecule has 2 aliphatic rings. The normalized spacial score (nSPS) is 24.7. The number of carbonyl (C=O) groups excluding carboxylic acids is 1. The number of aliphatic imine (C=N–C) groups is 1. The number of nitrogens with two attached hydrogens (primary N) is 1. The summed E-state index contributed by atoms with van der Waals surface area (Å²) in [6.45, 7) is 2.40. The average Bonchev–Trinajstić information content (AvgIpc) is 3.10. The SMILES string of the molecule is CC(F)(F)COc1cnc(C(=O)Nc2ccc(F)c([C@]34COC[C@@]3(C)CSC(N)=N4)c2)cn1. The van der Waals surface area contributed by atoms with Crippen LogP contribution in [0.1, 0.15) is 29.9 Å². The number of alkyl halides is 2. The van der Waals surface area contributed by atoms with Crippen LogP contribution in [-0.4, -0.2) is 52.5 Å². The number of benzene rings is 1. The van der Waals surface area contributed by atoms with Gasteiger partial charge >= 0.3 is 0 Å². The van der Waals surface area contributed by atoms with Gasteiger partial charge in [0, 0.05) is 29.3 Å². The van der Waals surface area contributed by atoms with Gasteiger partial charge in [0.15, 0.2) is 11.8 Å². The van der Waals surface area contributed by atoms with Gasteiger partial charge in [-0.3, -0.25) is 4.79 Å². The summed E-state index contributed by atoms with van der Waals surface area (Å²) in [5, 5.41) is 3.00. The number of nitrogens with one attached hydrogen (secondary N) is 1. The van der Waals surface area contributed by atoms with Gasteiger partial charge in [0.25, 0.3) is 11.8 Å². The predicted octanol–water partition coefficient (Wildman–Crippen LogP) is 3.20. The van der Waals surface area contributed by atoms with Gasteiger partial charge in [0.2, 0.25) is 5.88 Å². The molecule has 1 saturated heterocycles. The van der Waals surface area contributed by atoms with Gasteiger partial charge in [0.1, 0.15) is 17.1 Å². The summed E-state index contributed by atoms with van der Waals surface area (Å²) in [4.78, 5) is 24.9. The third kappa shape index (κ3) is 4.62. The lowest BCUT2D eigenvalue weighted by atomic mass is 9.70. The number of amidine groups is 1. The second-order valence-electron chi connectivity index (χ2n) is 8.40. The number of rotatable bonds is 6. The number of thioether (sulfide) groups is 1. The van der Waals surface area contributed by atoms with E-state index in [1.165, 1.54) is 30.0 Å². The first-order chi connectivity index (χ1) is 15.5. The van der Waals surface area contributed by atoms with Crippen LogP contribution >= 0.6 is 11.8 Å². The molecule has 1 fully saturated rings. The van der Waals surface area contributed by atoms with Crippen LogP contribution in [0.4, 0.5) is 18.9 Å². The number of hydrogen-bond donors (Lipinski definition) is 2. The molecule has 0 spiro atoms. The summed E-state index contributed by atoms with van der Waals surface area (Å²) in [5.74, 6) is -3.64. The number of aromatic nitrogens is 2. The number of carbonyl (C=O) groups is 1. The molecule has 33 heavy (non-hydrogen) atoms. The maximum atomic E-state index is 15.0. The Morgan fingerprint density at radius 3 is 2.82 bits per heavy atom. The zero-order chi connectivity index (χ0) is 23.9. The van der Waals surface area contributed by atoms with Crippen molar-refractivity contribution in [1.29, 1.82) is 0 Å². The lowest BCUT2D eigenvalue weighted by Crippen LogP contribution is -2.48. The van der Waals surface area contributed by atoms with E-state index in [2.05, 4.69) is 20.3 Å². The number of ether oxygens (including phenoxy) is 2. The van der Waals surface area contributed by atoms with Crippen LogP contribution in [0.25, 0.3) is 0 Å². The molecule has 0 unspecified atom stereocenters. The fraction of sp³-hybridized carbons (Fsp3) is 0.429. The van der Waals surface area contributed by atoms with E-state index in [4.69, 9.17) is 15.2 Å². The van der Waals surface area contributed by atoms with Crippen LogP contribution < -0.4 is 15.8 Å². The highest BCUT2D eigenvalue weighted by atomic mass is 32.2. The van der Waals surface area contributed by atoms with Crippen molar-refractivity contribution in [1.82, 2.24) is 9.97 Å². The number of nitrogens with zero attached hydrogens (tertiary/aromatic N) is 3. The molecule has 2 aliphatic heterocycles. The number of anilines is 1. The van der Waals surface area contributed by atoms with Crippen molar-refractivity contribution >= 4 is 28.5 Å². The second kappa shape index (κ2) is 8.49. The van der Waals surface area contributed by atoms with E-state index < -0.39 is 35.2 Å². The summed E-state index contributed by atoms with van der Waals surface area (Å²) in [7, 11) is 0. The van der Waals surface area contributed by atoms with E-state index >= 15 is 0 Å². The Kier molecular flexibility index (Phi) is 5.99. The summed E-state index contributed by atoms with van der Waals surface area (Å²) in [5.41, 5.74) is 5.02. The zero-order valence-corrected chi connectivity index (χ0v) is 18.7. The Balaban J connectivity index is 1.55. The molecule has 2 aromatic rings. The molecule has 4 rings (SSSR count). The van der Waals surface area contributed by atoms with Gasteiger partial charge in [-0.1, -0.05) is 18.7 Å². The molecule has 0 aliphatic carbocycles. The second-order valence-corrected chi connectivity index (χ2v) is 9.40. The first-order valence-corrected chi connectivity index (χ1v) is 11.0. The van der Waals surface area contributed by atoms with Crippen molar-refractivity contribution in [3.05, 3.63) is 47.7 Å². The average molecular weight is 482 g/mol. The largest absolute Gasteiger partial charge is 0.470 e. The van der Waals surface area contributed by atoms with Crippen molar-refractivity contribution in [2.24, 2.45) is 16.1 Å². The molecule has 1 aromatic heterocycles. The van der Waals surface area contributed by atoms with Crippen LogP contribution in [0.5, 0.6) is 5.88 Å². The number of halogens is 3.